The topological polar surface area (TPSA) is 95.9 Å². The maximum atomic E-state index is 12.6. The summed E-state index contributed by atoms with van der Waals surface area (Å²) in [7, 11) is 0. The van der Waals surface area contributed by atoms with Crippen molar-refractivity contribution in [2.45, 2.75) is 437 Å². The van der Waals surface area contributed by atoms with Crippen LogP contribution in [-0.2, 0) is 14.3 Å². The predicted molar refractivity (Wildman–Crippen MR) is 370 cm³/mol. The van der Waals surface area contributed by atoms with Crippen molar-refractivity contribution in [1.29, 1.82) is 0 Å². The van der Waals surface area contributed by atoms with E-state index in [1.165, 1.54) is 353 Å². The third kappa shape index (κ3) is 69.2. The molecule has 2 unspecified atom stereocenters. The van der Waals surface area contributed by atoms with Crippen LogP contribution in [0.5, 0.6) is 0 Å². The van der Waals surface area contributed by atoms with Gasteiger partial charge in [-0.25, -0.2) is 0 Å². The fourth-order valence-electron chi connectivity index (χ4n) is 12.0. The van der Waals surface area contributed by atoms with E-state index in [0.29, 0.717) is 19.4 Å². The third-order valence-corrected chi connectivity index (χ3v) is 17.9. The van der Waals surface area contributed by atoms with E-state index in [4.69, 9.17) is 4.74 Å². The molecule has 1 amide bonds. The van der Waals surface area contributed by atoms with Crippen LogP contribution in [0, 0.1) is 0 Å². The second-order valence-electron chi connectivity index (χ2n) is 26.3. The van der Waals surface area contributed by atoms with Crippen LogP contribution in [0.2, 0.25) is 0 Å². The van der Waals surface area contributed by atoms with Crippen molar-refractivity contribution in [3.8, 4) is 0 Å². The molecule has 0 saturated carbocycles. The number of unbranched alkanes of at least 4 members (excludes halogenated alkanes) is 57. The van der Waals surface area contributed by atoms with E-state index in [2.05, 4.69) is 43.5 Å². The molecule has 3 N–H and O–H groups in total. The molecule has 0 saturated heterocycles. The summed E-state index contributed by atoms with van der Waals surface area (Å²) in [6, 6.07) is -0.628. The smallest absolute Gasteiger partial charge is 0.305 e. The first kappa shape index (κ1) is 82.1. The van der Waals surface area contributed by atoms with Gasteiger partial charge in [0.2, 0.25) is 5.91 Å². The molecule has 0 aliphatic heterocycles. The molecule has 0 spiro atoms. The summed E-state index contributed by atoms with van der Waals surface area (Å²) in [6.07, 6.45) is 95.4. The van der Waals surface area contributed by atoms with Gasteiger partial charge in [-0.05, 0) is 77.0 Å². The van der Waals surface area contributed by atoms with Gasteiger partial charge in [0, 0.05) is 12.8 Å². The highest BCUT2D eigenvalue weighted by Crippen LogP contribution is 2.19. The zero-order chi connectivity index (χ0) is 60.6. The lowest BCUT2D eigenvalue weighted by molar-refractivity contribution is -0.143. The molecule has 496 valence electrons. The van der Waals surface area contributed by atoms with Crippen LogP contribution in [0.25, 0.3) is 0 Å². The van der Waals surface area contributed by atoms with Gasteiger partial charge in [-0.1, -0.05) is 371 Å². The van der Waals surface area contributed by atoms with Crippen LogP contribution < -0.4 is 5.32 Å². The SMILES string of the molecule is CCCC/C=C\CCCCCCCC(=O)OCCCCCCCCCCCCCC/C=C\CCCCCCCCCCCCCCCCCC(=O)NC(CO)C(O)/C=C/CCCCCCCCCCCCCCCCCCCCCCCCC. The Hall–Kier alpha value is -1.92. The number of aliphatic hydroxyl groups excluding tert-OH is 2. The molecular weight excluding hydrogens is 1030 g/mol. The number of nitrogens with one attached hydrogen (secondary N) is 1. The van der Waals surface area contributed by atoms with Crippen LogP contribution >= 0.6 is 0 Å². The van der Waals surface area contributed by atoms with Crippen LogP contribution in [0.1, 0.15) is 425 Å². The van der Waals surface area contributed by atoms with Gasteiger partial charge in [0.15, 0.2) is 0 Å². The van der Waals surface area contributed by atoms with Crippen molar-refractivity contribution in [3.05, 3.63) is 36.5 Å². The van der Waals surface area contributed by atoms with Gasteiger partial charge in [0.25, 0.3) is 0 Å². The fraction of sp³-hybridized carbons (Fsp3) is 0.897. The van der Waals surface area contributed by atoms with Gasteiger partial charge in [0.05, 0.1) is 25.4 Å². The number of rotatable bonds is 72. The van der Waals surface area contributed by atoms with Crippen molar-refractivity contribution in [3.63, 3.8) is 0 Å². The number of ether oxygens (including phenoxy) is 1. The highest BCUT2D eigenvalue weighted by Gasteiger charge is 2.18. The van der Waals surface area contributed by atoms with E-state index in [0.717, 1.165) is 44.9 Å². The summed E-state index contributed by atoms with van der Waals surface area (Å²) in [5.41, 5.74) is 0. The van der Waals surface area contributed by atoms with E-state index in [9.17, 15) is 19.8 Å². The standard InChI is InChI=1S/C78H149NO5/c1-3-5-7-9-11-13-15-16-17-18-19-20-21-29-32-35-38-41-44-47-51-54-58-62-66-70-76(81)75(74-80)79-77(82)71-67-63-59-55-52-48-45-42-39-36-33-30-27-25-23-22-24-26-28-31-34-37-40-43-46-49-53-57-61-65-69-73-84-78(83)72-68-64-60-56-50-14-12-10-8-6-4-2/h10,12,24,26,66,70,75-76,80-81H,3-9,11,13-23,25,27-65,67-69,71-74H2,1-2H3,(H,79,82)/b12-10-,26-24-,70-66+. The number of hydrogen-bond acceptors (Lipinski definition) is 5. The van der Waals surface area contributed by atoms with Crippen molar-refractivity contribution < 1.29 is 24.5 Å². The fourth-order valence-corrected chi connectivity index (χ4v) is 12.0. The van der Waals surface area contributed by atoms with Crippen molar-refractivity contribution in [2.75, 3.05) is 13.2 Å². The number of hydrogen-bond donors (Lipinski definition) is 3. The van der Waals surface area contributed by atoms with Crippen LogP contribution in [0.15, 0.2) is 36.5 Å². The molecule has 84 heavy (non-hydrogen) atoms. The third-order valence-electron chi connectivity index (χ3n) is 17.9. The van der Waals surface area contributed by atoms with Gasteiger partial charge >= 0.3 is 5.97 Å². The monoisotopic (exact) mass is 1180 g/mol. The lowest BCUT2D eigenvalue weighted by Gasteiger charge is -2.20. The normalized spacial score (nSPS) is 12.7. The van der Waals surface area contributed by atoms with Gasteiger partial charge in [-0.2, -0.15) is 0 Å². The Morgan fingerprint density at radius 3 is 0.881 bits per heavy atom. The minimum atomic E-state index is -0.845. The Balaban J connectivity index is 3.40. The summed E-state index contributed by atoms with van der Waals surface area (Å²) in [4.78, 5) is 24.6. The number of allylic oxidation sites excluding steroid dienone is 5. The van der Waals surface area contributed by atoms with E-state index >= 15 is 0 Å². The van der Waals surface area contributed by atoms with Gasteiger partial charge in [0.1, 0.15) is 0 Å². The van der Waals surface area contributed by atoms with Crippen molar-refractivity contribution >= 4 is 11.9 Å². The molecule has 0 aromatic heterocycles. The zero-order valence-electron chi connectivity index (χ0n) is 56.9. The lowest BCUT2D eigenvalue weighted by atomic mass is 10.0. The predicted octanol–water partition coefficient (Wildman–Crippen LogP) is 25.0. The van der Waals surface area contributed by atoms with Gasteiger partial charge in [-0.3, -0.25) is 9.59 Å². The second kappa shape index (κ2) is 73.5. The van der Waals surface area contributed by atoms with E-state index in [-0.39, 0.29) is 18.5 Å². The molecule has 0 fully saturated rings. The number of amides is 1. The van der Waals surface area contributed by atoms with Crippen LogP contribution in [0.3, 0.4) is 0 Å². The molecule has 2 atom stereocenters. The summed E-state index contributed by atoms with van der Waals surface area (Å²) in [6.45, 7) is 4.91. The molecule has 0 bridgehead atoms. The van der Waals surface area contributed by atoms with Gasteiger partial charge < -0.3 is 20.3 Å². The summed E-state index contributed by atoms with van der Waals surface area (Å²) >= 11 is 0. The Bertz CT molecular complexity index is 1360. The Labute approximate surface area is 525 Å². The molecule has 0 radical (unpaired) electrons. The molecule has 0 aromatic carbocycles. The largest absolute Gasteiger partial charge is 0.466 e. The Morgan fingerprint density at radius 2 is 0.571 bits per heavy atom. The molecule has 0 aliphatic carbocycles. The van der Waals surface area contributed by atoms with Crippen molar-refractivity contribution in [2.24, 2.45) is 0 Å². The summed E-state index contributed by atoms with van der Waals surface area (Å²) < 4.78 is 5.47. The molecule has 0 rings (SSSR count). The number of esters is 1. The van der Waals surface area contributed by atoms with Crippen molar-refractivity contribution in [1.82, 2.24) is 5.32 Å². The molecule has 6 nitrogen and oxygen atoms in total. The maximum Gasteiger partial charge on any atom is 0.305 e. The number of carbonyl (C=O) groups is 2. The lowest BCUT2D eigenvalue weighted by Crippen LogP contribution is -2.45. The first-order valence-corrected chi connectivity index (χ1v) is 38.3. The second-order valence-corrected chi connectivity index (χ2v) is 26.3. The first-order valence-electron chi connectivity index (χ1n) is 38.3. The first-order chi connectivity index (χ1) is 41.5. The van der Waals surface area contributed by atoms with Gasteiger partial charge in [-0.15, -0.1) is 0 Å². The summed E-state index contributed by atoms with van der Waals surface area (Å²) in [5.74, 6) is -0.0543. The van der Waals surface area contributed by atoms with Crippen LogP contribution in [-0.4, -0.2) is 47.4 Å². The van der Waals surface area contributed by atoms with E-state index in [1.807, 2.05) is 6.08 Å². The zero-order valence-corrected chi connectivity index (χ0v) is 56.9. The maximum absolute atomic E-state index is 12.6. The average Bonchev–Trinajstić information content (AvgIpc) is 3.51. The Morgan fingerprint density at radius 1 is 0.321 bits per heavy atom. The quantitative estimate of drug-likeness (QED) is 0.0320. The minimum absolute atomic E-state index is 0.00676. The number of carbonyl (C=O) groups excluding carboxylic acids is 2. The summed E-state index contributed by atoms with van der Waals surface area (Å²) in [5, 5.41) is 23.3. The molecule has 6 heteroatoms. The van der Waals surface area contributed by atoms with E-state index in [1.54, 1.807) is 6.08 Å². The molecule has 0 aliphatic rings. The highest BCUT2D eigenvalue weighted by molar-refractivity contribution is 5.76. The molecule has 0 heterocycles. The highest BCUT2D eigenvalue weighted by atomic mass is 16.5. The number of aliphatic hydroxyl groups is 2. The van der Waals surface area contributed by atoms with E-state index < -0.39 is 12.1 Å². The average molecular weight is 1180 g/mol. The molecule has 0 aromatic rings. The molecular formula is C78H149NO5. The van der Waals surface area contributed by atoms with Crippen LogP contribution in [0.4, 0.5) is 0 Å². The minimum Gasteiger partial charge on any atom is -0.466 e. The Kier molecular flexibility index (Phi) is 71.9.